The number of carbonyl (C=O) groups is 1. The number of ether oxygens (including phenoxy) is 1. The minimum absolute atomic E-state index is 0.172. The number of hydrogen-bond donors (Lipinski definition) is 1. The molecule has 0 unspecified atom stereocenters. The van der Waals surface area contributed by atoms with Crippen LogP contribution in [0.2, 0.25) is 0 Å². The van der Waals surface area contributed by atoms with Gasteiger partial charge in [0, 0.05) is 10.9 Å². The molecule has 0 spiro atoms. The lowest BCUT2D eigenvalue weighted by atomic mass is 10.1. The van der Waals surface area contributed by atoms with E-state index >= 15 is 0 Å². The van der Waals surface area contributed by atoms with E-state index in [1.54, 1.807) is 22.2 Å². The van der Waals surface area contributed by atoms with Gasteiger partial charge in [-0.25, -0.2) is 13.1 Å². The largest absolute Gasteiger partial charge is 0.409 e. The molecule has 0 atom stereocenters. The standard InChI is InChI=1S/C18H14N4O4S2/c1-28(24,25)21-13-7-8-14-15(9-13)22(18-19-16(10-27-18)26-11-23)20-17(14)12-5-3-2-4-6-12/h2-11,21H,1H3. The number of sulfonamides is 1. The van der Waals surface area contributed by atoms with Crippen molar-refractivity contribution >= 4 is 44.4 Å². The Morgan fingerprint density at radius 2 is 1.96 bits per heavy atom. The molecule has 0 fully saturated rings. The first-order valence-electron chi connectivity index (χ1n) is 8.07. The Hall–Kier alpha value is -3.24. The van der Waals surface area contributed by atoms with Crippen LogP contribution >= 0.6 is 11.3 Å². The van der Waals surface area contributed by atoms with Crippen LogP contribution in [0.4, 0.5) is 5.69 Å². The first-order valence-corrected chi connectivity index (χ1v) is 10.8. The summed E-state index contributed by atoms with van der Waals surface area (Å²) in [6, 6.07) is 14.8. The van der Waals surface area contributed by atoms with Gasteiger partial charge in [-0.05, 0) is 18.2 Å². The molecule has 142 valence electrons. The normalized spacial score (nSPS) is 11.5. The molecular formula is C18H14N4O4S2. The van der Waals surface area contributed by atoms with E-state index < -0.39 is 10.0 Å². The zero-order chi connectivity index (χ0) is 19.7. The van der Waals surface area contributed by atoms with Gasteiger partial charge in [0.2, 0.25) is 21.0 Å². The number of hydrogen-bond acceptors (Lipinski definition) is 7. The summed E-state index contributed by atoms with van der Waals surface area (Å²) < 4.78 is 32.1. The quantitative estimate of drug-likeness (QED) is 0.487. The number of benzene rings is 2. The summed E-state index contributed by atoms with van der Waals surface area (Å²) in [4.78, 5) is 14.8. The molecule has 8 nitrogen and oxygen atoms in total. The van der Waals surface area contributed by atoms with E-state index in [-0.39, 0.29) is 5.88 Å². The third-order valence-electron chi connectivity index (χ3n) is 3.85. The fourth-order valence-electron chi connectivity index (χ4n) is 2.80. The zero-order valence-corrected chi connectivity index (χ0v) is 16.2. The van der Waals surface area contributed by atoms with Crippen molar-refractivity contribution < 1.29 is 17.9 Å². The summed E-state index contributed by atoms with van der Waals surface area (Å²) in [7, 11) is -3.42. The van der Waals surface area contributed by atoms with Crippen molar-refractivity contribution in [2.75, 3.05) is 11.0 Å². The van der Waals surface area contributed by atoms with Crippen LogP contribution < -0.4 is 9.46 Å². The zero-order valence-electron chi connectivity index (χ0n) is 14.6. The fraction of sp³-hybridized carbons (Fsp3) is 0.0556. The number of aromatic nitrogens is 3. The van der Waals surface area contributed by atoms with E-state index in [0.29, 0.717) is 22.8 Å². The monoisotopic (exact) mass is 414 g/mol. The molecule has 0 saturated carbocycles. The second-order valence-electron chi connectivity index (χ2n) is 5.91. The first-order chi connectivity index (χ1) is 13.4. The van der Waals surface area contributed by atoms with Gasteiger partial charge in [0.05, 0.1) is 22.8 Å². The summed E-state index contributed by atoms with van der Waals surface area (Å²) in [5.41, 5.74) is 2.72. The maximum absolute atomic E-state index is 11.6. The molecule has 0 aliphatic rings. The van der Waals surface area contributed by atoms with Crippen LogP contribution in [0.1, 0.15) is 0 Å². The molecule has 2 aromatic heterocycles. The van der Waals surface area contributed by atoms with Crippen LogP contribution in [-0.2, 0) is 14.8 Å². The molecule has 4 rings (SSSR count). The molecule has 1 N–H and O–H groups in total. The van der Waals surface area contributed by atoms with Gasteiger partial charge in [0.1, 0.15) is 5.69 Å². The predicted octanol–water partition coefficient (Wildman–Crippen LogP) is 3.06. The number of carbonyl (C=O) groups excluding carboxylic acids is 1. The van der Waals surface area contributed by atoms with Gasteiger partial charge in [-0.3, -0.25) is 9.52 Å². The highest BCUT2D eigenvalue weighted by Gasteiger charge is 2.17. The van der Waals surface area contributed by atoms with Gasteiger partial charge in [-0.2, -0.15) is 10.1 Å². The topological polar surface area (TPSA) is 103 Å². The maximum Gasteiger partial charge on any atom is 0.299 e. The van der Waals surface area contributed by atoms with E-state index in [1.807, 2.05) is 36.4 Å². The van der Waals surface area contributed by atoms with E-state index in [0.717, 1.165) is 22.9 Å². The van der Waals surface area contributed by atoms with Crippen LogP contribution in [-0.4, -0.2) is 35.9 Å². The highest BCUT2D eigenvalue weighted by Crippen LogP contribution is 2.33. The highest BCUT2D eigenvalue weighted by molar-refractivity contribution is 7.92. The van der Waals surface area contributed by atoms with Gasteiger partial charge in [0.15, 0.2) is 0 Å². The highest BCUT2D eigenvalue weighted by atomic mass is 32.2. The summed E-state index contributed by atoms with van der Waals surface area (Å²) in [5, 5.41) is 7.60. The lowest BCUT2D eigenvalue weighted by Crippen LogP contribution is -2.09. The Bertz CT molecular complexity index is 1260. The van der Waals surface area contributed by atoms with Gasteiger partial charge < -0.3 is 4.74 Å². The second kappa shape index (κ2) is 7.06. The molecule has 28 heavy (non-hydrogen) atoms. The van der Waals surface area contributed by atoms with E-state index in [9.17, 15) is 13.2 Å². The number of anilines is 1. The molecule has 0 aliphatic carbocycles. The molecule has 2 heterocycles. The van der Waals surface area contributed by atoms with Crippen molar-refractivity contribution in [3.05, 3.63) is 53.9 Å². The molecule has 0 amide bonds. The number of nitrogens with one attached hydrogen (secondary N) is 1. The number of fused-ring (bicyclic) bond motifs is 1. The van der Waals surface area contributed by atoms with Crippen LogP contribution in [0.5, 0.6) is 5.88 Å². The van der Waals surface area contributed by atoms with Gasteiger partial charge in [0.25, 0.3) is 6.47 Å². The fourth-order valence-corrected chi connectivity index (χ4v) is 4.05. The molecule has 0 aliphatic heterocycles. The summed E-state index contributed by atoms with van der Waals surface area (Å²) in [6.07, 6.45) is 1.09. The van der Waals surface area contributed by atoms with Crippen molar-refractivity contribution in [2.45, 2.75) is 0 Å². The van der Waals surface area contributed by atoms with Crippen molar-refractivity contribution in [3.8, 4) is 22.3 Å². The van der Waals surface area contributed by atoms with Crippen molar-refractivity contribution in [1.82, 2.24) is 14.8 Å². The third-order valence-corrected chi connectivity index (χ3v) is 5.25. The van der Waals surface area contributed by atoms with Crippen molar-refractivity contribution in [3.63, 3.8) is 0 Å². The minimum Gasteiger partial charge on any atom is -0.409 e. The van der Waals surface area contributed by atoms with E-state index in [4.69, 9.17) is 4.74 Å². The number of rotatable bonds is 6. The molecule has 0 radical (unpaired) electrons. The van der Waals surface area contributed by atoms with Crippen molar-refractivity contribution in [2.24, 2.45) is 0 Å². The molecule has 4 aromatic rings. The molecule has 2 aromatic carbocycles. The maximum atomic E-state index is 11.6. The molecule has 0 saturated heterocycles. The Morgan fingerprint density at radius 3 is 2.68 bits per heavy atom. The van der Waals surface area contributed by atoms with Gasteiger partial charge in [-0.1, -0.05) is 41.7 Å². The summed E-state index contributed by atoms with van der Waals surface area (Å²) in [5.74, 6) is 0.172. The molecule has 0 bridgehead atoms. The van der Waals surface area contributed by atoms with Gasteiger partial charge >= 0.3 is 0 Å². The minimum atomic E-state index is -3.42. The van der Waals surface area contributed by atoms with E-state index in [2.05, 4.69) is 14.8 Å². The van der Waals surface area contributed by atoms with Crippen LogP contribution in [0.3, 0.4) is 0 Å². The first kappa shape index (κ1) is 18.1. The van der Waals surface area contributed by atoms with E-state index in [1.165, 1.54) is 11.3 Å². The Balaban J connectivity index is 1.92. The van der Waals surface area contributed by atoms with Crippen LogP contribution in [0.25, 0.3) is 27.3 Å². The van der Waals surface area contributed by atoms with Crippen LogP contribution in [0.15, 0.2) is 53.9 Å². The summed E-state index contributed by atoms with van der Waals surface area (Å²) in [6.45, 7) is 0.309. The predicted molar refractivity (Wildman–Crippen MR) is 107 cm³/mol. The Kier molecular flexibility index (Phi) is 4.57. The lowest BCUT2D eigenvalue weighted by molar-refractivity contribution is -0.120. The van der Waals surface area contributed by atoms with Gasteiger partial charge in [-0.15, -0.1) is 0 Å². The molecular weight excluding hydrogens is 400 g/mol. The average molecular weight is 414 g/mol. The van der Waals surface area contributed by atoms with Crippen molar-refractivity contribution in [1.29, 1.82) is 0 Å². The lowest BCUT2D eigenvalue weighted by Gasteiger charge is -2.05. The summed E-state index contributed by atoms with van der Waals surface area (Å²) >= 11 is 1.25. The SMILES string of the molecule is CS(=O)(=O)Nc1ccc2c(-c3ccccc3)nn(-c3nc(OC=O)cs3)c2c1. The average Bonchev–Trinajstić information content (AvgIpc) is 3.26. The Labute approximate surface area is 164 Å². The second-order valence-corrected chi connectivity index (χ2v) is 8.50. The molecule has 10 heteroatoms. The number of thiazole rings is 1. The van der Waals surface area contributed by atoms with Crippen LogP contribution in [0, 0.1) is 0 Å². The Morgan fingerprint density at radius 1 is 1.18 bits per heavy atom. The number of nitrogens with zero attached hydrogens (tertiary/aromatic N) is 3. The smallest absolute Gasteiger partial charge is 0.299 e. The third kappa shape index (κ3) is 3.59.